The van der Waals surface area contributed by atoms with E-state index in [2.05, 4.69) is 19.2 Å². The summed E-state index contributed by atoms with van der Waals surface area (Å²) in [6, 6.07) is 17.2. The fourth-order valence-corrected chi connectivity index (χ4v) is 4.29. The fourth-order valence-electron chi connectivity index (χ4n) is 4.29. The first kappa shape index (κ1) is 17.5. The second kappa shape index (κ2) is 6.38. The summed E-state index contributed by atoms with van der Waals surface area (Å²) in [5, 5.41) is 3.50. The van der Waals surface area contributed by atoms with Gasteiger partial charge in [-0.1, -0.05) is 56.3 Å². The van der Waals surface area contributed by atoms with Crippen molar-refractivity contribution >= 4 is 23.1 Å². The van der Waals surface area contributed by atoms with Crippen LogP contribution in [0.1, 0.15) is 45.2 Å². The van der Waals surface area contributed by atoms with Crippen LogP contribution >= 0.6 is 0 Å². The van der Waals surface area contributed by atoms with Gasteiger partial charge in [0, 0.05) is 24.6 Å². The number of hydrogen-bond donors (Lipinski definition) is 1. The monoisotopic (exact) mass is 360 g/mol. The van der Waals surface area contributed by atoms with Crippen molar-refractivity contribution in [3.63, 3.8) is 0 Å². The molecule has 0 saturated heterocycles. The van der Waals surface area contributed by atoms with Gasteiger partial charge in [-0.05, 0) is 29.5 Å². The zero-order chi connectivity index (χ0) is 19.2. The average Bonchev–Trinajstić information content (AvgIpc) is 2.75. The fraction of sp³-hybridized carbons (Fsp3) is 0.304. The number of fused-ring (bicyclic) bond motifs is 1. The predicted molar refractivity (Wildman–Crippen MR) is 107 cm³/mol. The SMILES string of the molecule is CC(=O)N1c2ccccc2NC2=C(C(=O)CC(C)(C)C2)C1c1ccccc1. The predicted octanol–water partition coefficient (Wildman–Crippen LogP) is 4.85. The lowest BCUT2D eigenvalue weighted by molar-refractivity contribution is -0.118. The quantitative estimate of drug-likeness (QED) is 0.791. The first-order valence-corrected chi connectivity index (χ1v) is 9.34. The molecule has 27 heavy (non-hydrogen) atoms. The molecule has 4 rings (SSSR count). The van der Waals surface area contributed by atoms with Crippen LogP contribution < -0.4 is 10.2 Å². The maximum absolute atomic E-state index is 13.3. The van der Waals surface area contributed by atoms with Crippen LogP contribution in [-0.2, 0) is 9.59 Å². The third kappa shape index (κ3) is 3.05. The number of rotatable bonds is 1. The molecule has 1 unspecified atom stereocenters. The normalized spacial score (nSPS) is 21.1. The van der Waals surface area contributed by atoms with Crippen molar-refractivity contribution in [2.24, 2.45) is 5.41 Å². The van der Waals surface area contributed by atoms with E-state index in [0.29, 0.717) is 12.0 Å². The topological polar surface area (TPSA) is 49.4 Å². The van der Waals surface area contributed by atoms with E-state index in [9.17, 15) is 9.59 Å². The zero-order valence-electron chi connectivity index (χ0n) is 16.0. The number of hydrogen-bond acceptors (Lipinski definition) is 3. The van der Waals surface area contributed by atoms with Gasteiger partial charge in [-0.15, -0.1) is 0 Å². The number of Topliss-reactive ketones (excluding diaryl/α,β-unsaturated/α-hetero) is 1. The smallest absolute Gasteiger partial charge is 0.224 e. The number of para-hydroxylation sites is 2. The highest BCUT2D eigenvalue weighted by molar-refractivity contribution is 6.05. The molecule has 0 aromatic heterocycles. The minimum Gasteiger partial charge on any atom is -0.357 e. The Balaban J connectivity index is 2.01. The lowest BCUT2D eigenvalue weighted by Gasteiger charge is -2.36. The maximum atomic E-state index is 13.3. The van der Waals surface area contributed by atoms with E-state index in [1.807, 2.05) is 54.6 Å². The molecular weight excluding hydrogens is 336 g/mol. The molecule has 0 bridgehead atoms. The van der Waals surface area contributed by atoms with Gasteiger partial charge in [0.25, 0.3) is 0 Å². The first-order valence-electron chi connectivity index (χ1n) is 9.34. The standard InChI is InChI=1S/C23H24N2O2/c1-15(26)25-19-12-8-7-11-17(19)24-18-13-23(2,3)14-20(27)21(18)22(25)16-9-5-4-6-10-16/h4-12,22,24H,13-14H2,1-3H3. The van der Waals surface area contributed by atoms with Gasteiger partial charge in [0.05, 0.1) is 17.4 Å². The molecule has 2 aromatic rings. The Morgan fingerprint density at radius 3 is 2.41 bits per heavy atom. The number of ketones is 1. The minimum absolute atomic E-state index is 0.0792. The lowest BCUT2D eigenvalue weighted by Crippen LogP contribution is -2.38. The first-order chi connectivity index (χ1) is 12.9. The van der Waals surface area contributed by atoms with E-state index in [1.54, 1.807) is 11.8 Å². The summed E-state index contributed by atoms with van der Waals surface area (Å²) in [4.78, 5) is 27.8. The second-order valence-electron chi connectivity index (χ2n) is 8.18. The summed E-state index contributed by atoms with van der Waals surface area (Å²) >= 11 is 0. The van der Waals surface area contributed by atoms with E-state index in [0.717, 1.165) is 29.1 Å². The molecule has 0 saturated carbocycles. The van der Waals surface area contributed by atoms with Gasteiger partial charge < -0.3 is 5.32 Å². The number of benzene rings is 2. The van der Waals surface area contributed by atoms with Crippen LogP contribution in [0, 0.1) is 5.41 Å². The van der Waals surface area contributed by atoms with Gasteiger partial charge in [-0.2, -0.15) is 0 Å². The molecule has 0 radical (unpaired) electrons. The average molecular weight is 360 g/mol. The van der Waals surface area contributed by atoms with Gasteiger partial charge >= 0.3 is 0 Å². The van der Waals surface area contributed by atoms with Crippen molar-refractivity contribution in [2.45, 2.75) is 39.7 Å². The van der Waals surface area contributed by atoms with E-state index in [-0.39, 0.29) is 17.1 Å². The van der Waals surface area contributed by atoms with Crippen LogP contribution in [-0.4, -0.2) is 11.7 Å². The van der Waals surface area contributed by atoms with Crippen LogP contribution in [0.5, 0.6) is 0 Å². The summed E-state index contributed by atoms with van der Waals surface area (Å²) in [6.07, 6.45) is 1.26. The lowest BCUT2D eigenvalue weighted by atomic mass is 9.73. The van der Waals surface area contributed by atoms with Crippen molar-refractivity contribution < 1.29 is 9.59 Å². The Labute approximate surface area is 159 Å². The van der Waals surface area contributed by atoms with Crippen molar-refractivity contribution in [2.75, 3.05) is 10.2 Å². The van der Waals surface area contributed by atoms with Gasteiger partial charge in [0.1, 0.15) is 0 Å². The number of nitrogens with zero attached hydrogens (tertiary/aromatic N) is 1. The minimum atomic E-state index is -0.418. The van der Waals surface area contributed by atoms with Crippen molar-refractivity contribution in [3.8, 4) is 0 Å². The van der Waals surface area contributed by atoms with Crippen LogP contribution in [0.25, 0.3) is 0 Å². The summed E-state index contributed by atoms with van der Waals surface area (Å²) in [6.45, 7) is 5.80. The zero-order valence-corrected chi connectivity index (χ0v) is 16.0. The highest BCUT2D eigenvalue weighted by atomic mass is 16.2. The van der Waals surface area contributed by atoms with Crippen LogP contribution in [0.4, 0.5) is 11.4 Å². The number of amides is 1. The number of nitrogens with one attached hydrogen (secondary N) is 1. The summed E-state index contributed by atoms with van der Waals surface area (Å²) < 4.78 is 0. The number of carbonyl (C=O) groups is 2. The maximum Gasteiger partial charge on any atom is 0.224 e. The Kier molecular flexibility index (Phi) is 4.14. The van der Waals surface area contributed by atoms with Gasteiger partial charge in [-0.3, -0.25) is 14.5 Å². The van der Waals surface area contributed by atoms with E-state index >= 15 is 0 Å². The van der Waals surface area contributed by atoms with Crippen LogP contribution in [0.2, 0.25) is 0 Å². The molecule has 0 fully saturated rings. The molecule has 1 atom stereocenters. The van der Waals surface area contributed by atoms with Gasteiger partial charge in [-0.25, -0.2) is 0 Å². The largest absolute Gasteiger partial charge is 0.357 e. The van der Waals surface area contributed by atoms with Crippen molar-refractivity contribution in [1.29, 1.82) is 0 Å². The highest BCUT2D eigenvalue weighted by Crippen LogP contribution is 2.48. The molecule has 4 heteroatoms. The summed E-state index contributed by atoms with van der Waals surface area (Å²) in [5.74, 6) is 0.0335. The van der Waals surface area contributed by atoms with Crippen LogP contribution in [0.15, 0.2) is 65.9 Å². The van der Waals surface area contributed by atoms with Gasteiger partial charge in [0.15, 0.2) is 5.78 Å². The molecule has 0 spiro atoms. The Morgan fingerprint density at radius 1 is 1.04 bits per heavy atom. The summed E-state index contributed by atoms with van der Waals surface area (Å²) in [5.41, 5.74) is 4.16. The van der Waals surface area contributed by atoms with E-state index in [1.165, 1.54) is 0 Å². The third-order valence-corrected chi connectivity index (χ3v) is 5.36. The van der Waals surface area contributed by atoms with E-state index < -0.39 is 6.04 Å². The Bertz CT molecular complexity index is 944. The highest BCUT2D eigenvalue weighted by Gasteiger charge is 2.42. The number of carbonyl (C=O) groups excluding carboxylic acids is 2. The molecule has 1 aliphatic carbocycles. The molecule has 138 valence electrons. The molecular formula is C23H24N2O2. The molecule has 1 N–H and O–H groups in total. The molecule has 1 amide bonds. The van der Waals surface area contributed by atoms with Crippen molar-refractivity contribution in [1.82, 2.24) is 0 Å². The molecule has 2 aliphatic rings. The summed E-state index contributed by atoms with van der Waals surface area (Å²) in [7, 11) is 0. The van der Waals surface area contributed by atoms with Crippen LogP contribution in [0.3, 0.4) is 0 Å². The Morgan fingerprint density at radius 2 is 1.70 bits per heavy atom. The Hall–Kier alpha value is -2.88. The number of allylic oxidation sites excluding steroid dienone is 1. The molecule has 4 nitrogen and oxygen atoms in total. The van der Waals surface area contributed by atoms with E-state index in [4.69, 9.17) is 0 Å². The number of anilines is 2. The molecule has 1 heterocycles. The van der Waals surface area contributed by atoms with Crippen molar-refractivity contribution in [3.05, 3.63) is 71.4 Å². The molecule has 2 aromatic carbocycles. The van der Waals surface area contributed by atoms with Gasteiger partial charge in [0.2, 0.25) is 5.91 Å². The second-order valence-corrected chi connectivity index (χ2v) is 8.18. The third-order valence-electron chi connectivity index (χ3n) is 5.36. The molecule has 1 aliphatic heterocycles.